The van der Waals surface area contributed by atoms with Gasteiger partial charge in [0.25, 0.3) is 5.91 Å². The Morgan fingerprint density at radius 1 is 1.08 bits per heavy atom. The highest BCUT2D eigenvalue weighted by Crippen LogP contribution is 2.28. The summed E-state index contributed by atoms with van der Waals surface area (Å²) in [5, 5.41) is 25.5. The minimum absolute atomic E-state index is 0.154. The predicted molar refractivity (Wildman–Crippen MR) is 148 cm³/mol. The van der Waals surface area contributed by atoms with Gasteiger partial charge in [-0.15, -0.1) is 0 Å². The third kappa shape index (κ3) is 6.24. The van der Waals surface area contributed by atoms with Gasteiger partial charge in [0.2, 0.25) is 0 Å². The molecule has 7 nitrogen and oxygen atoms in total. The Bertz CT molecular complexity index is 1470. The van der Waals surface area contributed by atoms with E-state index in [1.165, 1.54) is 11.1 Å². The second-order valence-electron chi connectivity index (χ2n) is 9.14. The molecule has 194 valence electrons. The minimum atomic E-state index is -0.728. The Labute approximate surface area is 226 Å². The number of hydrogen-bond acceptors (Lipinski definition) is 6. The molecule has 0 fully saturated rings. The molecule has 2 atom stereocenters. The topological polar surface area (TPSA) is 124 Å². The van der Waals surface area contributed by atoms with E-state index >= 15 is 0 Å². The largest absolute Gasteiger partial charge is 0.460 e. The van der Waals surface area contributed by atoms with Gasteiger partial charge in [-0.05, 0) is 67.4 Å². The molecule has 0 aliphatic rings. The molecule has 0 bridgehead atoms. The van der Waals surface area contributed by atoms with Gasteiger partial charge in [0, 0.05) is 17.3 Å². The van der Waals surface area contributed by atoms with Crippen LogP contribution in [-0.2, 0) is 6.54 Å². The molecule has 0 aliphatic carbocycles. The summed E-state index contributed by atoms with van der Waals surface area (Å²) in [6, 6.07) is 23.4. The molecular formula is C30H29ClN4O3. The molecule has 1 amide bonds. The SMILES string of the molecule is Cc1ccc(C(C)NCc2ccc(-c3ccc(Cl)c(C(=O)NC(CO)c4ccc(C#N)c(N)c4)c3)o2)cc1. The number of nitrogens with two attached hydrogens (primary N) is 1. The summed E-state index contributed by atoms with van der Waals surface area (Å²) in [4.78, 5) is 13.1. The van der Waals surface area contributed by atoms with Gasteiger partial charge in [-0.3, -0.25) is 4.79 Å². The van der Waals surface area contributed by atoms with Crippen molar-refractivity contribution in [3.8, 4) is 17.4 Å². The number of nitrogens with zero attached hydrogens (tertiary/aromatic N) is 1. The van der Waals surface area contributed by atoms with Crippen molar-refractivity contribution in [2.75, 3.05) is 12.3 Å². The number of nitrogen functional groups attached to an aromatic ring is 1. The number of hydrogen-bond donors (Lipinski definition) is 4. The van der Waals surface area contributed by atoms with Gasteiger partial charge < -0.3 is 25.9 Å². The van der Waals surface area contributed by atoms with Crippen LogP contribution in [0.15, 0.2) is 77.2 Å². The van der Waals surface area contributed by atoms with Gasteiger partial charge in [-0.2, -0.15) is 5.26 Å². The Hall–Kier alpha value is -4.09. The van der Waals surface area contributed by atoms with E-state index in [9.17, 15) is 9.90 Å². The highest BCUT2D eigenvalue weighted by Gasteiger charge is 2.19. The highest BCUT2D eigenvalue weighted by atomic mass is 35.5. The molecule has 38 heavy (non-hydrogen) atoms. The molecule has 0 spiro atoms. The number of carbonyl (C=O) groups excluding carboxylic acids is 1. The molecule has 0 radical (unpaired) electrons. The van der Waals surface area contributed by atoms with Gasteiger partial charge in [0.1, 0.15) is 17.6 Å². The molecule has 8 heteroatoms. The number of halogens is 1. The van der Waals surface area contributed by atoms with Gasteiger partial charge in [-0.1, -0.05) is 47.5 Å². The van der Waals surface area contributed by atoms with E-state index in [1.54, 1.807) is 36.4 Å². The average Bonchev–Trinajstić information content (AvgIpc) is 3.40. The highest BCUT2D eigenvalue weighted by molar-refractivity contribution is 6.34. The van der Waals surface area contributed by atoms with Gasteiger partial charge in [0.15, 0.2) is 0 Å². The lowest BCUT2D eigenvalue weighted by Gasteiger charge is -2.18. The molecule has 0 saturated heterocycles. The first-order chi connectivity index (χ1) is 18.3. The second-order valence-corrected chi connectivity index (χ2v) is 9.55. The fraction of sp³-hybridized carbons (Fsp3) is 0.200. The van der Waals surface area contributed by atoms with Crippen molar-refractivity contribution in [2.45, 2.75) is 32.5 Å². The number of nitrogens with one attached hydrogen (secondary N) is 2. The molecule has 5 N–H and O–H groups in total. The zero-order valence-electron chi connectivity index (χ0n) is 21.2. The third-order valence-corrected chi connectivity index (χ3v) is 6.73. The number of aliphatic hydroxyl groups is 1. The first-order valence-electron chi connectivity index (χ1n) is 12.2. The lowest BCUT2D eigenvalue weighted by atomic mass is 10.0. The number of rotatable bonds is 9. The van der Waals surface area contributed by atoms with Crippen LogP contribution in [0, 0.1) is 18.3 Å². The molecular weight excluding hydrogens is 500 g/mol. The Kier molecular flexibility index (Phi) is 8.49. The standard InChI is InChI=1S/C30H29ClN4O3/c1-18-3-5-20(6-4-18)19(2)34-16-24-10-12-29(38-24)22-9-11-26(31)25(13-22)30(37)35-28(17-36)21-7-8-23(15-32)27(33)14-21/h3-14,19,28,34,36H,16-17,33H2,1-2H3,(H,35,37). The van der Waals surface area contributed by atoms with Crippen molar-refractivity contribution in [3.05, 3.63) is 111 Å². The zero-order valence-corrected chi connectivity index (χ0v) is 21.9. The van der Waals surface area contributed by atoms with E-state index in [1.807, 2.05) is 18.2 Å². The van der Waals surface area contributed by atoms with Crippen LogP contribution in [0.4, 0.5) is 5.69 Å². The van der Waals surface area contributed by atoms with E-state index < -0.39 is 11.9 Å². The van der Waals surface area contributed by atoms with Crippen molar-refractivity contribution < 1.29 is 14.3 Å². The first kappa shape index (κ1) is 27.0. The normalized spacial score (nSPS) is 12.5. The summed E-state index contributed by atoms with van der Waals surface area (Å²) in [5.74, 6) is 0.909. The average molecular weight is 529 g/mol. The quantitative estimate of drug-likeness (QED) is 0.207. The molecule has 0 saturated carbocycles. The summed E-state index contributed by atoms with van der Waals surface area (Å²) in [6.07, 6.45) is 0. The van der Waals surface area contributed by atoms with Crippen LogP contribution in [-0.4, -0.2) is 17.6 Å². The van der Waals surface area contributed by atoms with E-state index in [2.05, 4.69) is 48.7 Å². The molecule has 2 unspecified atom stereocenters. The predicted octanol–water partition coefficient (Wildman–Crippen LogP) is 5.68. The molecule has 1 aromatic heterocycles. The molecule has 0 aliphatic heterocycles. The number of carbonyl (C=O) groups is 1. The molecule has 4 aromatic rings. The summed E-state index contributed by atoms with van der Waals surface area (Å²) >= 11 is 6.35. The maximum absolute atomic E-state index is 13.1. The van der Waals surface area contributed by atoms with Crippen LogP contribution in [0.2, 0.25) is 5.02 Å². The first-order valence-corrected chi connectivity index (χ1v) is 12.6. The van der Waals surface area contributed by atoms with Crippen molar-refractivity contribution in [1.82, 2.24) is 10.6 Å². The molecule has 3 aromatic carbocycles. The van der Waals surface area contributed by atoms with Crippen LogP contribution in [0.1, 0.15) is 57.4 Å². The smallest absolute Gasteiger partial charge is 0.253 e. The zero-order chi connectivity index (χ0) is 27.2. The Morgan fingerprint density at radius 3 is 2.50 bits per heavy atom. The fourth-order valence-corrected chi connectivity index (χ4v) is 4.28. The molecule has 1 heterocycles. The number of furan rings is 1. The summed E-state index contributed by atoms with van der Waals surface area (Å²) in [6.45, 7) is 4.35. The Morgan fingerprint density at radius 2 is 1.82 bits per heavy atom. The van der Waals surface area contributed by atoms with E-state index in [0.717, 1.165) is 5.76 Å². The second kappa shape index (κ2) is 12.0. The third-order valence-electron chi connectivity index (χ3n) is 6.40. The molecule has 4 rings (SSSR count). The number of amides is 1. The fourth-order valence-electron chi connectivity index (χ4n) is 4.08. The lowest BCUT2D eigenvalue weighted by Crippen LogP contribution is -2.31. The summed E-state index contributed by atoms with van der Waals surface area (Å²) in [7, 11) is 0. The van der Waals surface area contributed by atoms with E-state index in [0.29, 0.717) is 29.0 Å². The van der Waals surface area contributed by atoms with Crippen molar-refractivity contribution in [3.63, 3.8) is 0 Å². The van der Waals surface area contributed by atoms with Crippen LogP contribution >= 0.6 is 11.6 Å². The number of anilines is 1. The minimum Gasteiger partial charge on any atom is -0.460 e. The summed E-state index contributed by atoms with van der Waals surface area (Å²) < 4.78 is 6.04. The van der Waals surface area contributed by atoms with Crippen molar-refractivity contribution >= 4 is 23.2 Å². The van der Waals surface area contributed by atoms with Crippen LogP contribution in [0.5, 0.6) is 0 Å². The van der Waals surface area contributed by atoms with E-state index in [-0.39, 0.29) is 28.9 Å². The van der Waals surface area contributed by atoms with E-state index in [4.69, 9.17) is 27.0 Å². The van der Waals surface area contributed by atoms with Crippen molar-refractivity contribution in [2.24, 2.45) is 0 Å². The lowest BCUT2D eigenvalue weighted by molar-refractivity contribution is 0.0916. The van der Waals surface area contributed by atoms with Crippen LogP contribution in [0.3, 0.4) is 0 Å². The monoisotopic (exact) mass is 528 g/mol. The number of aryl methyl sites for hydroxylation is 1. The van der Waals surface area contributed by atoms with Crippen molar-refractivity contribution in [1.29, 1.82) is 5.26 Å². The number of benzene rings is 3. The van der Waals surface area contributed by atoms with Gasteiger partial charge >= 0.3 is 0 Å². The Balaban J connectivity index is 1.46. The number of aliphatic hydroxyl groups excluding tert-OH is 1. The van der Waals surface area contributed by atoms with Gasteiger partial charge in [0.05, 0.1) is 35.3 Å². The number of nitriles is 1. The van der Waals surface area contributed by atoms with Gasteiger partial charge in [-0.25, -0.2) is 0 Å². The summed E-state index contributed by atoms with van der Waals surface area (Å²) in [5.41, 5.74) is 10.4. The van der Waals surface area contributed by atoms with Crippen LogP contribution in [0.25, 0.3) is 11.3 Å². The maximum atomic E-state index is 13.1. The van der Waals surface area contributed by atoms with Crippen LogP contribution < -0.4 is 16.4 Å². The maximum Gasteiger partial charge on any atom is 0.253 e.